The number of hydrogen-bond acceptors (Lipinski definition) is 8. The van der Waals surface area contributed by atoms with Gasteiger partial charge in [-0.15, -0.1) is 0 Å². The second-order valence-corrected chi connectivity index (χ2v) is 6.81. The third-order valence-electron chi connectivity index (χ3n) is 4.95. The van der Waals surface area contributed by atoms with Crippen molar-refractivity contribution >= 4 is 17.6 Å². The molecule has 0 saturated carbocycles. The molecule has 8 nitrogen and oxygen atoms in total. The molecule has 1 aromatic carbocycles. The van der Waals surface area contributed by atoms with Crippen LogP contribution in [-0.2, 0) is 6.42 Å². The van der Waals surface area contributed by atoms with Crippen molar-refractivity contribution in [3.8, 4) is 5.75 Å². The number of aromatic nitrogens is 4. The number of nitrogens with zero attached hydrogens (tertiary/aromatic N) is 6. The predicted molar refractivity (Wildman–Crippen MR) is 114 cm³/mol. The lowest BCUT2D eigenvalue weighted by atomic mass is 10.1. The molecule has 0 atom stereocenters. The molecule has 1 aliphatic rings. The molecule has 0 aliphatic carbocycles. The maximum absolute atomic E-state index is 5.28. The molecule has 0 unspecified atom stereocenters. The van der Waals surface area contributed by atoms with E-state index in [4.69, 9.17) is 4.74 Å². The van der Waals surface area contributed by atoms with Crippen LogP contribution in [0.25, 0.3) is 0 Å². The maximum Gasteiger partial charge on any atom is 0.225 e. The molecular formula is C21H25N7O. The third-order valence-corrected chi connectivity index (χ3v) is 4.95. The Morgan fingerprint density at radius 2 is 1.72 bits per heavy atom. The first-order valence-electron chi connectivity index (χ1n) is 9.77. The summed E-state index contributed by atoms with van der Waals surface area (Å²) in [6.07, 6.45) is 6.08. The second kappa shape index (κ2) is 9.18. The summed E-state index contributed by atoms with van der Waals surface area (Å²) in [5.74, 6) is 3.45. The quantitative estimate of drug-likeness (QED) is 0.657. The van der Waals surface area contributed by atoms with Crippen LogP contribution >= 0.6 is 0 Å². The summed E-state index contributed by atoms with van der Waals surface area (Å²) >= 11 is 0. The Bertz CT molecular complexity index is 914. The Hall–Kier alpha value is -3.42. The van der Waals surface area contributed by atoms with Crippen molar-refractivity contribution in [3.63, 3.8) is 0 Å². The van der Waals surface area contributed by atoms with E-state index in [2.05, 4.69) is 47.2 Å². The fourth-order valence-electron chi connectivity index (χ4n) is 3.37. The molecule has 29 heavy (non-hydrogen) atoms. The van der Waals surface area contributed by atoms with E-state index >= 15 is 0 Å². The molecule has 150 valence electrons. The van der Waals surface area contributed by atoms with Crippen molar-refractivity contribution in [2.24, 2.45) is 0 Å². The molecule has 1 saturated heterocycles. The highest BCUT2D eigenvalue weighted by Gasteiger charge is 2.20. The Labute approximate surface area is 170 Å². The summed E-state index contributed by atoms with van der Waals surface area (Å²) in [4.78, 5) is 22.0. The number of rotatable bonds is 7. The zero-order valence-electron chi connectivity index (χ0n) is 16.5. The summed E-state index contributed by atoms with van der Waals surface area (Å²) in [5.41, 5.74) is 1.23. The van der Waals surface area contributed by atoms with Crippen LogP contribution < -0.4 is 19.9 Å². The van der Waals surface area contributed by atoms with Gasteiger partial charge in [0.2, 0.25) is 5.95 Å². The first-order chi connectivity index (χ1) is 14.3. The van der Waals surface area contributed by atoms with E-state index in [-0.39, 0.29) is 0 Å². The van der Waals surface area contributed by atoms with Gasteiger partial charge < -0.3 is 19.9 Å². The van der Waals surface area contributed by atoms with Gasteiger partial charge in [0.25, 0.3) is 0 Å². The topological polar surface area (TPSA) is 79.3 Å². The second-order valence-electron chi connectivity index (χ2n) is 6.81. The fourth-order valence-corrected chi connectivity index (χ4v) is 3.37. The molecule has 1 aliphatic heterocycles. The van der Waals surface area contributed by atoms with E-state index in [1.807, 2.05) is 24.3 Å². The van der Waals surface area contributed by atoms with Crippen molar-refractivity contribution in [2.45, 2.75) is 6.42 Å². The Morgan fingerprint density at radius 1 is 0.931 bits per heavy atom. The van der Waals surface area contributed by atoms with Crippen LogP contribution in [-0.4, -0.2) is 59.8 Å². The molecule has 1 fully saturated rings. The third kappa shape index (κ3) is 4.90. The molecule has 0 radical (unpaired) electrons. The molecule has 3 aromatic rings. The lowest BCUT2D eigenvalue weighted by Gasteiger charge is -2.35. The summed E-state index contributed by atoms with van der Waals surface area (Å²) in [6.45, 7) is 4.28. The first-order valence-corrected chi connectivity index (χ1v) is 9.77. The number of piperazine rings is 1. The van der Waals surface area contributed by atoms with Gasteiger partial charge in [-0.05, 0) is 30.2 Å². The molecule has 4 rings (SSSR count). The zero-order valence-corrected chi connectivity index (χ0v) is 16.5. The summed E-state index contributed by atoms with van der Waals surface area (Å²) < 4.78 is 5.28. The minimum atomic E-state index is 0.787. The van der Waals surface area contributed by atoms with Crippen molar-refractivity contribution in [3.05, 3.63) is 60.7 Å². The lowest BCUT2D eigenvalue weighted by Crippen LogP contribution is -2.47. The minimum Gasteiger partial charge on any atom is -0.497 e. The smallest absolute Gasteiger partial charge is 0.225 e. The maximum atomic E-state index is 5.28. The van der Waals surface area contributed by atoms with E-state index in [0.29, 0.717) is 0 Å². The average molecular weight is 391 g/mol. The number of methoxy groups -OCH3 is 1. The van der Waals surface area contributed by atoms with Crippen LogP contribution in [0.4, 0.5) is 17.6 Å². The van der Waals surface area contributed by atoms with Gasteiger partial charge in [0, 0.05) is 51.2 Å². The number of nitrogens with one attached hydrogen (secondary N) is 1. The highest BCUT2D eigenvalue weighted by atomic mass is 16.5. The molecule has 8 heteroatoms. The van der Waals surface area contributed by atoms with Gasteiger partial charge in [-0.1, -0.05) is 12.1 Å². The monoisotopic (exact) mass is 391 g/mol. The van der Waals surface area contributed by atoms with Crippen molar-refractivity contribution < 1.29 is 4.74 Å². The Morgan fingerprint density at radius 3 is 2.52 bits per heavy atom. The Kier molecular flexibility index (Phi) is 5.99. The van der Waals surface area contributed by atoms with Gasteiger partial charge in [0.05, 0.1) is 7.11 Å². The molecule has 1 N–H and O–H groups in total. The molecule has 2 aromatic heterocycles. The molecule has 0 bridgehead atoms. The summed E-state index contributed by atoms with van der Waals surface area (Å²) in [6, 6.07) is 12.0. The van der Waals surface area contributed by atoms with Crippen molar-refractivity contribution in [1.29, 1.82) is 0 Å². The molecule has 3 heterocycles. The molecule has 0 amide bonds. The van der Waals surface area contributed by atoms with Gasteiger partial charge in [-0.25, -0.2) is 19.9 Å². The highest BCUT2D eigenvalue weighted by Crippen LogP contribution is 2.18. The largest absolute Gasteiger partial charge is 0.497 e. The Balaban J connectivity index is 1.31. The van der Waals surface area contributed by atoms with Gasteiger partial charge in [-0.3, -0.25) is 0 Å². The van der Waals surface area contributed by atoms with Gasteiger partial charge >= 0.3 is 0 Å². The van der Waals surface area contributed by atoms with E-state index in [1.54, 1.807) is 25.8 Å². The summed E-state index contributed by atoms with van der Waals surface area (Å²) in [5, 5.41) is 3.40. The van der Waals surface area contributed by atoms with E-state index in [1.165, 1.54) is 5.56 Å². The van der Waals surface area contributed by atoms with Gasteiger partial charge in [-0.2, -0.15) is 0 Å². The minimum absolute atomic E-state index is 0.787. The predicted octanol–water partition coefficient (Wildman–Crippen LogP) is 2.26. The van der Waals surface area contributed by atoms with E-state index < -0.39 is 0 Å². The van der Waals surface area contributed by atoms with Crippen LogP contribution in [0.2, 0.25) is 0 Å². The van der Waals surface area contributed by atoms with Crippen LogP contribution in [0.3, 0.4) is 0 Å². The molecule has 0 spiro atoms. The van der Waals surface area contributed by atoms with Crippen LogP contribution in [0.15, 0.2) is 55.1 Å². The van der Waals surface area contributed by atoms with Crippen LogP contribution in [0.1, 0.15) is 5.56 Å². The van der Waals surface area contributed by atoms with Crippen LogP contribution in [0.5, 0.6) is 5.75 Å². The van der Waals surface area contributed by atoms with Crippen LogP contribution in [0, 0.1) is 0 Å². The number of hydrogen-bond donors (Lipinski definition) is 1. The highest BCUT2D eigenvalue weighted by molar-refractivity contribution is 5.50. The average Bonchev–Trinajstić information content (AvgIpc) is 2.80. The number of anilines is 3. The first kappa shape index (κ1) is 18.9. The molecular weight excluding hydrogens is 366 g/mol. The van der Waals surface area contributed by atoms with Crippen molar-refractivity contribution in [1.82, 2.24) is 19.9 Å². The van der Waals surface area contributed by atoms with E-state index in [9.17, 15) is 0 Å². The standard InChI is InChI=1S/C21H25N7O/c1-29-18-5-2-4-17(14-18)6-9-22-19-15-20(26-16-25-19)27-10-12-28(13-11-27)21-23-7-3-8-24-21/h2-5,7-8,14-16H,6,9-13H2,1H3,(H,22,25,26). The van der Waals surface area contributed by atoms with Gasteiger partial charge in [0.15, 0.2) is 0 Å². The number of benzene rings is 1. The van der Waals surface area contributed by atoms with Gasteiger partial charge in [0.1, 0.15) is 23.7 Å². The fraction of sp³-hybridized carbons (Fsp3) is 0.333. The normalized spacial score (nSPS) is 14.0. The summed E-state index contributed by atoms with van der Waals surface area (Å²) in [7, 11) is 1.69. The lowest BCUT2D eigenvalue weighted by molar-refractivity contribution is 0.414. The zero-order chi connectivity index (χ0) is 19.9. The van der Waals surface area contributed by atoms with E-state index in [0.717, 1.165) is 62.5 Å². The number of ether oxygens (including phenoxy) is 1. The van der Waals surface area contributed by atoms with Crippen molar-refractivity contribution in [2.75, 3.05) is 55.0 Å². The SMILES string of the molecule is COc1cccc(CCNc2cc(N3CCN(c4ncccn4)CC3)ncn2)c1.